The number of anilines is 2. The first-order valence-electron chi connectivity index (χ1n) is 9.76. The molecule has 1 amide bonds. The number of aryl methyl sites for hydroxylation is 1. The van der Waals surface area contributed by atoms with E-state index in [-0.39, 0.29) is 5.91 Å². The van der Waals surface area contributed by atoms with E-state index in [1.807, 2.05) is 42.3 Å². The Hall–Kier alpha value is -2.70. The number of pyridine rings is 1. The third kappa shape index (κ3) is 4.02. The summed E-state index contributed by atoms with van der Waals surface area (Å²) in [6, 6.07) is 7.85. The molecule has 7 nitrogen and oxygen atoms in total. The maximum Gasteiger partial charge on any atom is 0.272 e. The van der Waals surface area contributed by atoms with Crippen molar-refractivity contribution in [1.82, 2.24) is 19.9 Å². The van der Waals surface area contributed by atoms with Crippen molar-refractivity contribution in [2.24, 2.45) is 0 Å². The lowest BCUT2D eigenvalue weighted by Crippen LogP contribution is -2.47. The summed E-state index contributed by atoms with van der Waals surface area (Å²) in [5, 5.41) is 0. The Labute approximate surface area is 160 Å². The van der Waals surface area contributed by atoms with Gasteiger partial charge in [0.05, 0.1) is 0 Å². The minimum absolute atomic E-state index is 0.0357. The average molecular weight is 366 g/mol. The Morgan fingerprint density at radius 2 is 1.59 bits per heavy atom. The highest BCUT2D eigenvalue weighted by atomic mass is 16.2. The van der Waals surface area contributed by atoms with Crippen molar-refractivity contribution in [2.75, 3.05) is 49.1 Å². The second-order valence-electron chi connectivity index (χ2n) is 7.17. The van der Waals surface area contributed by atoms with E-state index in [1.165, 1.54) is 6.42 Å². The maximum atomic E-state index is 12.8. The first kappa shape index (κ1) is 17.7. The number of rotatable bonds is 3. The molecule has 0 radical (unpaired) electrons. The van der Waals surface area contributed by atoms with Gasteiger partial charge in [-0.15, -0.1) is 0 Å². The fourth-order valence-corrected chi connectivity index (χ4v) is 3.79. The summed E-state index contributed by atoms with van der Waals surface area (Å²) in [6.07, 6.45) is 5.20. The molecule has 2 aliphatic heterocycles. The van der Waals surface area contributed by atoms with Crippen molar-refractivity contribution in [2.45, 2.75) is 26.2 Å². The van der Waals surface area contributed by atoms with Crippen LogP contribution in [0.4, 0.5) is 11.6 Å². The summed E-state index contributed by atoms with van der Waals surface area (Å²) < 4.78 is 0. The predicted octanol–water partition coefficient (Wildman–Crippen LogP) is 2.13. The second-order valence-corrected chi connectivity index (χ2v) is 7.17. The van der Waals surface area contributed by atoms with Gasteiger partial charge in [0.15, 0.2) is 0 Å². The van der Waals surface area contributed by atoms with Gasteiger partial charge < -0.3 is 14.7 Å². The number of hydrogen-bond acceptors (Lipinski definition) is 6. The lowest BCUT2D eigenvalue weighted by molar-refractivity contribution is 0.0718. The molecule has 2 aliphatic rings. The molecule has 0 atom stereocenters. The molecule has 27 heavy (non-hydrogen) atoms. The van der Waals surface area contributed by atoms with Crippen LogP contribution in [0.5, 0.6) is 0 Å². The van der Waals surface area contributed by atoms with Crippen molar-refractivity contribution >= 4 is 17.5 Å². The van der Waals surface area contributed by atoms with Gasteiger partial charge in [-0.2, -0.15) is 0 Å². The standard InChI is InChI=1S/C20H26N6O/c1-16-22-17(20(27)26-9-5-2-6-10-26)15-19(23-16)25-13-11-24(12-14-25)18-7-3-4-8-21-18/h3-4,7-8,15H,2,5-6,9-14H2,1H3. The highest BCUT2D eigenvalue weighted by Crippen LogP contribution is 2.20. The zero-order valence-corrected chi connectivity index (χ0v) is 15.8. The van der Waals surface area contributed by atoms with E-state index in [0.717, 1.165) is 63.7 Å². The Morgan fingerprint density at radius 1 is 0.889 bits per heavy atom. The normalized spacial score (nSPS) is 17.9. The Kier molecular flexibility index (Phi) is 5.18. The van der Waals surface area contributed by atoms with Gasteiger partial charge in [0.2, 0.25) is 0 Å². The van der Waals surface area contributed by atoms with E-state index in [2.05, 4.69) is 24.8 Å². The average Bonchev–Trinajstić information content (AvgIpc) is 2.74. The molecule has 4 rings (SSSR count). The van der Waals surface area contributed by atoms with Crippen LogP contribution in [0.15, 0.2) is 30.5 Å². The summed E-state index contributed by atoms with van der Waals surface area (Å²) in [4.78, 5) is 32.7. The van der Waals surface area contributed by atoms with Crippen LogP contribution in [0.3, 0.4) is 0 Å². The monoisotopic (exact) mass is 366 g/mol. The molecule has 0 aliphatic carbocycles. The van der Waals surface area contributed by atoms with Crippen LogP contribution < -0.4 is 9.80 Å². The summed E-state index contributed by atoms with van der Waals surface area (Å²) in [7, 11) is 0. The number of nitrogens with zero attached hydrogens (tertiary/aromatic N) is 6. The number of piperazine rings is 1. The SMILES string of the molecule is Cc1nc(C(=O)N2CCCCC2)cc(N2CCN(c3ccccn3)CC2)n1. The minimum atomic E-state index is 0.0357. The molecule has 0 aromatic carbocycles. The van der Waals surface area contributed by atoms with Gasteiger partial charge in [-0.05, 0) is 38.3 Å². The summed E-state index contributed by atoms with van der Waals surface area (Å²) in [5.41, 5.74) is 0.520. The van der Waals surface area contributed by atoms with Crippen LogP contribution in [-0.2, 0) is 0 Å². The van der Waals surface area contributed by atoms with Gasteiger partial charge >= 0.3 is 0 Å². The molecular formula is C20H26N6O. The first-order chi connectivity index (χ1) is 13.2. The van der Waals surface area contributed by atoms with Gasteiger partial charge in [-0.3, -0.25) is 4.79 Å². The Bertz CT molecular complexity index is 782. The van der Waals surface area contributed by atoms with Crippen LogP contribution >= 0.6 is 0 Å². The maximum absolute atomic E-state index is 12.8. The molecule has 142 valence electrons. The first-order valence-corrected chi connectivity index (χ1v) is 9.76. The summed E-state index contributed by atoms with van der Waals surface area (Å²) >= 11 is 0. The third-order valence-corrected chi connectivity index (χ3v) is 5.26. The number of aromatic nitrogens is 3. The van der Waals surface area contributed by atoms with Gasteiger partial charge in [0, 0.05) is 51.5 Å². The van der Waals surface area contributed by atoms with Crippen molar-refractivity contribution in [3.8, 4) is 0 Å². The van der Waals surface area contributed by atoms with Crippen LogP contribution in [0, 0.1) is 6.92 Å². The molecule has 2 aromatic rings. The summed E-state index contributed by atoms with van der Waals surface area (Å²) in [6.45, 7) is 7.00. The Balaban J connectivity index is 1.46. The highest BCUT2D eigenvalue weighted by Gasteiger charge is 2.23. The molecule has 7 heteroatoms. The van der Waals surface area contributed by atoms with Crippen LogP contribution in [-0.4, -0.2) is 65.0 Å². The topological polar surface area (TPSA) is 65.5 Å². The number of carbonyl (C=O) groups excluding carboxylic acids is 1. The number of amides is 1. The number of piperidine rings is 1. The quantitative estimate of drug-likeness (QED) is 0.829. The number of likely N-dealkylation sites (tertiary alicyclic amines) is 1. The van der Waals surface area contributed by atoms with Crippen molar-refractivity contribution in [3.05, 3.63) is 42.0 Å². The van der Waals surface area contributed by atoms with Gasteiger partial charge in [0.25, 0.3) is 5.91 Å². The molecule has 0 saturated carbocycles. The van der Waals surface area contributed by atoms with E-state index in [0.29, 0.717) is 11.5 Å². The molecule has 2 saturated heterocycles. The molecule has 0 bridgehead atoms. The lowest BCUT2D eigenvalue weighted by Gasteiger charge is -2.36. The van der Waals surface area contributed by atoms with E-state index < -0.39 is 0 Å². The van der Waals surface area contributed by atoms with E-state index in [9.17, 15) is 4.79 Å². The highest BCUT2D eigenvalue weighted by molar-refractivity contribution is 5.93. The molecule has 4 heterocycles. The van der Waals surface area contributed by atoms with Crippen LogP contribution in [0.25, 0.3) is 0 Å². The van der Waals surface area contributed by atoms with E-state index >= 15 is 0 Å². The van der Waals surface area contributed by atoms with Crippen molar-refractivity contribution in [1.29, 1.82) is 0 Å². The fourth-order valence-electron chi connectivity index (χ4n) is 3.79. The smallest absolute Gasteiger partial charge is 0.272 e. The molecule has 0 unspecified atom stereocenters. The largest absolute Gasteiger partial charge is 0.353 e. The van der Waals surface area contributed by atoms with Gasteiger partial charge in [-0.25, -0.2) is 15.0 Å². The second kappa shape index (κ2) is 7.90. The zero-order chi connectivity index (χ0) is 18.6. The molecule has 0 spiro atoms. The molecular weight excluding hydrogens is 340 g/mol. The summed E-state index contributed by atoms with van der Waals surface area (Å²) in [5.74, 6) is 2.55. The van der Waals surface area contributed by atoms with E-state index in [4.69, 9.17) is 0 Å². The van der Waals surface area contributed by atoms with Gasteiger partial charge in [-0.1, -0.05) is 6.07 Å². The zero-order valence-electron chi connectivity index (χ0n) is 15.8. The van der Waals surface area contributed by atoms with Crippen LogP contribution in [0.2, 0.25) is 0 Å². The number of carbonyl (C=O) groups is 1. The van der Waals surface area contributed by atoms with Crippen molar-refractivity contribution < 1.29 is 4.79 Å². The van der Waals surface area contributed by atoms with Crippen LogP contribution in [0.1, 0.15) is 35.6 Å². The lowest BCUT2D eigenvalue weighted by atomic mass is 10.1. The minimum Gasteiger partial charge on any atom is -0.353 e. The van der Waals surface area contributed by atoms with Crippen molar-refractivity contribution in [3.63, 3.8) is 0 Å². The third-order valence-electron chi connectivity index (χ3n) is 5.26. The van der Waals surface area contributed by atoms with Gasteiger partial charge in [0.1, 0.15) is 23.2 Å². The predicted molar refractivity (Wildman–Crippen MR) is 105 cm³/mol. The van der Waals surface area contributed by atoms with E-state index in [1.54, 1.807) is 0 Å². The fraction of sp³-hybridized carbons (Fsp3) is 0.500. The molecule has 2 fully saturated rings. The molecule has 2 aromatic heterocycles. The Morgan fingerprint density at radius 3 is 2.26 bits per heavy atom. The molecule has 0 N–H and O–H groups in total. The number of hydrogen-bond donors (Lipinski definition) is 0.